The number of halogens is 2. The van der Waals surface area contributed by atoms with Crippen molar-refractivity contribution in [2.75, 3.05) is 24.2 Å². The Hall–Kier alpha value is -3.26. The molecule has 2 aliphatic heterocycles. The number of anilines is 2. The molecule has 2 saturated heterocycles. The van der Waals surface area contributed by atoms with Gasteiger partial charge in [-0.25, -0.2) is 9.96 Å². The number of rotatable bonds is 5. The van der Waals surface area contributed by atoms with Gasteiger partial charge in [0.2, 0.25) is 5.91 Å². The van der Waals surface area contributed by atoms with E-state index in [1.807, 2.05) is 6.07 Å². The minimum absolute atomic E-state index is 0.378. The molecule has 0 aliphatic carbocycles. The fourth-order valence-electron chi connectivity index (χ4n) is 4.47. The van der Waals surface area contributed by atoms with Gasteiger partial charge in [0, 0.05) is 21.7 Å². The summed E-state index contributed by atoms with van der Waals surface area (Å²) in [5.41, 5.74) is 1.73. The molecule has 0 unspecified atom stereocenters. The molecule has 0 N–H and O–H groups in total. The molecule has 0 radical (unpaired) electrons. The lowest BCUT2D eigenvalue weighted by Crippen LogP contribution is -2.37. The molecular formula is C25H20Cl2N2O5. The fourth-order valence-corrected chi connectivity index (χ4v) is 4.79. The maximum atomic E-state index is 13.7. The number of carbonyl (C=O) groups excluding carboxylic acids is 2. The first-order valence-corrected chi connectivity index (χ1v) is 11.3. The molecule has 0 bridgehead atoms. The van der Waals surface area contributed by atoms with Gasteiger partial charge in [0.25, 0.3) is 5.91 Å². The lowest BCUT2D eigenvalue weighted by molar-refractivity contribution is -0.126. The number of nitrogens with zero attached hydrogens (tertiary/aromatic N) is 2. The Morgan fingerprint density at radius 3 is 2.26 bits per heavy atom. The van der Waals surface area contributed by atoms with Crippen molar-refractivity contribution in [2.45, 2.75) is 12.1 Å². The molecule has 3 aromatic carbocycles. The predicted octanol–water partition coefficient (Wildman–Crippen LogP) is 5.06. The molecule has 174 valence electrons. The van der Waals surface area contributed by atoms with Gasteiger partial charge in [-0.3, -0.25) is 14.4 Å². The molecule has 34 heavy (non-hydrogen) atoms. The van der Waals surface area contributed by atoms with Crippen molar-refractivity contribution in [1.82, 2.24) is 0 Å². The first kappa shape index (κ1) is 22.5. The normalized spacial score (nSPS) is 21.7. The van der Waals surface area contributed by atoms with Crippen LogP contribution < -0.4 is 19.4 Å². The Labute approximate surface area is 206 Å². The van der Waals surface area contributed by atoms with E-state index in [1.165, 1.54) is 7.11 Å². The summed E-state index contributed by atoms with van der Waals surface area (Å²) in [6.45, 7) is 0. The number of hydrogen-bond donors (Lipinski definition) is 0. The summed E-state index contributed by atoms with van der Waals surface area (Å²) < 4.78 is 11.0. The van der Waals surface area contributed by atoms with Gasteiger partial charge < -0.3 is 9.47 Å². The number of carbonyl (C=O) groups is 2. The number of ether oxygens (including phenoxy) is 2. The molecule has 2 heterocycles. The topological polar surface area (TPSA) is 68.3 Å². The van der Waals surface area contributed by atoms with Gasteiger partial charge in [0.1, 0.15) is 17.4 Å². The molecule has 3 atom stereocenters. The van der Waals surface area contributed by atoms with Gasteiger partial charge >= 0.3 is 0 Å². The zero-order valence-electron chi connectivity index (χ0n) is 18.3. The average Bonchev–Trinajstić information content (AvgIpc) is 3.34. The van der Waals surface area contributed by atoms with Crippen LogP contribution in [0.15, 0.2) is 66.7 Å². The standard InChI is InChI=1S/C25H20Cl2N2O5/c1-32-18-10-11-19(20(13-18)33-2)22-21-23(34-29(22)16-8-6-14(26)7-9-16)25(31)28(24(21)30)17-5-3-4-15(27)12-17/h3-13,21-23H,1-2H3/t21-,22+,23-/m0/s1. The number of fused-ring (bicyclic) bond motifs is 1. The molecular weight excluding hydrogens is 479 g/mol. The van der Waals surface area contributed by atoms with Crippen LogP contribution in [0, 0.1) is 5.92 Å². The van der Waals surface area contributed by atoms with E-state index in [1.54, 1.807) is 72.8 Å². The largest absolute Gasteiger partial charge is 0.497 e. The van der Waals surface area contributed by atoms with Crippen molar-refractivity contribution < 1.29 is 23.9 Å². The Morgan fingerprint density at radius 1 is 0.824 bits per heavy atom. The summed E-state index contributed by atoms with van der Waals surface area (Å²) in [4.78, 5) is 34.4. The summed E-state index contributed by atoms with van der Waals surface area (Å²) in [6.07, 6.45) is -1.01. The molecule has 3 aromatic rings. The second-order valence-corrected chi connectivity index (χ2v) is 8.77. The van der Waals surface area contributed by atoms with E-state index in [2.05, 4.69) is 0 Å². The fraction of sp³-hybridized carbons (Fsp3) is 0.200. The summed E-state index contributed by atoms with van der Waals surface area (Å²) in [6, 6.07) is 18.3. The van der Waals surface area contributed by atoms with E-state index in [4.69, 9.17) is 37.5 Å². The van der Waals surface area contributed by atoms with E-state index >= 15 is 0 Å². The second-order valence-electron chi connectivity index (χ2n) is 7.90. The van der Waals surface area contributed by atoms with Crippen LogP contribution in [0.4, 0.5) is 11.4 Å². The highest BCUT2D eigenvalue weighted by atomic mass is 35.5. The molecule has 0 spiro atoms. The lowest BCUT2D eigenvalue weighted by atomic mass is 9.90. The molecule has 0 saturated carbocycles. The van der Waals surface area contributed by atoms with E-state index in [9.17, 15) is 9.59 Å². The minimum atomic E-state index is -1.01. The van der Waals surface area contributed by atoms with E-state index in [0.29, 0.717) is 38.5 Å². The van der Waals surface area contributed by atoms with E-state index in [0.717, 1.165) is 4.90 Å². The van der Waals surface area contributed by atoms with E-state index < -0.39 is 24.0 Å². The average molecular weight is 499 g/mol. The van der Waals surface area contributed by atoms with Crippen LogP contribution in [0.3, 0.4) is 0 Å². The van der Waals surface area contributed by atoms with Crippen LogP contribution in [-0.2, 0) is 14.4 Å². The van der Waals surface area contributed by atoms with Crippen LogP contribution in [-0.4, -0.2) is 32.1 Å². The third-order valence-corrected chi connectivity index (χ3v) is 6.51. The first-order valence-electron chi connectivity index (χ1n) is 10.5. The quantitative estimate of drug-likeness (QED) is 0.458. The summed E-state index contributed by atoms with van der Waals surface area (Å²) in [7, 11) is 3.10. The number of methoxy groups -OCH3 is 2. The highest BCUT2D eigenvalue weighted by molar-refractivity contribution is 6.31. The van der Waals surface area contributed by atoms with Crippen molar-refractivity contribution in [2.24, 2.45) is 5.92 Å². The van der Waals surface area contributed by atoms with Gasteiger partial charge in [-0.1, -0.05) is 29.3 Å². The Kier molecular flexibility index (Phi) is 5.85. The van der Waals surface area contributed by atoms with Crippen molar-refractivity contribution in [3.05, 3.63) is 82.3 Å². The van der Waals surface area contributed by atoms with Crippen molar-refractivity contribution in [3.8, 4) is 11.5 Å². The van der Waals surface area contributed by atoms with Gasteiger partial charge in [-0.05, 0) is 54.6 Å². The third kappa shape index (κ3) is 3.66. The van der Waals surface area contributed by atoms with E-state index in [-0.39, 0.29) is 5.91 Å². The number of imide groups is 1. The van der Waals surface area contributed by atoms with Gasteiger partial charge in [0.15, 0.2) is 6.10 Å². The molecule has 7 nitrogen and oxygen atoms in total. The monoisotopic (exact) mass is 498 g/mol. The van der Waals surface area contributed by atoms with Crippen LogP contribution in [0.5, 0.6) is 11.5 Å². The molecule has 9 heteroatoms. The predicted molar refractivity (Wildman–Crippen MR) is 129 cm³/mol. The highest BCUT2D eigenvalue weighted by Crippen LogP contribution is 2.50. The summed E-state index contributed by atoms with van der Waals surface area (Å²) in [5.74, 6) is -0.537. The van der Waals surface area contributed by atoms with Crippen LogP contribution in [0.2, 0.25) is 10.0 Å². The van der Waals surface area contributed by atoms with Crippen molar-refractivity contribution in [3.63, 3.8) is 0 Å². The maximum absolute atomic E-state index is 13.7. The zero-order chi connectivity index (χ0) is 24.0. The summed E-state index contributed by atoms with van der Waals surface area (Å²) >= 11 is 12.2. The number of amides is 2. The SMILES string of the molecule is COc1ccc([C@@H]2[C@@H]3C(=O)N(c4cccc(Cl)c4)C(=O)[C@H]3ON2c2ccc(Cl)cc2)c(OC)c1. The first-order chi connectivity index (χ1) is 16.4. The van der Waals surface area contributed by atoms with Crippen LogP contribution in [0.25, 0.3) is 0 Å². The molecule has 5 rings (SSSR count). The smallest absolute Gasteiger partial charge is 0.266 e. The second kappa shape index (κ2) is 8.83. The molecule has 2 aliphatic rings. The number of hydroxylamine groups is 1. The molecule has 0 aromatic heterocycles. The Bertz CT molecular complexity index is 1270. The Balaban J connectivity index is 1.63. The van der Waals surface area contributed by atoms with Crippen LogP contribution in [0.1, 0.15) is 11.6 Å². The number of hydrogen-bond acceptors (Lipinski definition) is 6. The van der Waals surface area contributed by atoms with Gasteiger partial charge in [-0.2, -0.15) is 0 Å². The molecule has 2 fully saturated rings. The molecule has 2 amide bonds. The number of benzene rings is 3. The maximum Gasteiger partial charge on any atom is 0.266 e. The van der Waals surface area contributed by atoms with Crippen LogP contribution >= 0.6 is 23.2 Å². The third-order valence-electron chi connectivity index (χ3n) is 6.02. The van der Waals surface area contributed by atoms with Crippen molar-refractivity contribution >= 4 is 46.4 Å². The zero-order valence-corrected chi connectivity index (χ0v) is 19.8. The Morgan fingerprint density at radius 2 is 1.59 bits per heavy atom. The van der Waals surface area contributed by atoms with Gasteiger partial charge in [0.05, 0.1) is 31.6 Å². The summed E-state index contributed by atoms with van der Waals surface area (Å²) in [5, 5.41) is 2.56. The minimum Gasteiger partial charge on any atom is -0.497 e. The van der Waals surface area contributed by atoms with Crippen molar-refractivity contribution in [1.29, 1.82) is 0 Å². The highest BCUT2D eigenvalue weighted by Gasteiger charge is 2.60. The van der Waals surface area contributed by atoms with Gasteiger partial charge in [-0.15, -0.1) is 0 Å². The lowest BCUT2D eigenvalue weighted by Gasteiger charge is -2.29.